The van der Waals surface area contributed by atoms with Gasteiger partial charge in [0, 0.05) is 22.7 Å². The van der Waals surface area contributed by atoms with E-state index < -0.39 is 5.97 Å². The fourth-order valence-corrected chi connectivity index (χ4v) is 2.58. The quantitative estimate of drug-likeness (QED) is 0.695. The second kappa shape index (κ2) is 5.57. The lowest BCUT2D eigenvalue weighted by Gasteiger charge is -2.04. The second-order valence-corrected chi connectivity index (χ2v) is 5.46. The molecule has 0 atom stereocenters. The molecule has 0 saturated carbocycles. The molecule has 6 heteroatoms. The summed E-state index contributed by atoms with van der Waals surface area (Å²) in [6, 6.07) is 5.81. The molecule has 2 heterocycles. The van der Waals surface area contributed by atoms with E-state index >= 15 is 0 Å². The minimum Gasteiger partial charge on any atom is -0.455 e. The van der Waals surface area contributed by atoms with Gasteiger partial charge in [0.2, 0.25) is 0 Å². The lowest BCUT2D eigenvalue weighted by Crippen LogP contribution is -2.05. The molecular formula is C15H11FN2O2S. The molecule has 0 N–H and O–H groups in total. The van der Waals surface area contributed by atoms with E-state index in [9.17, 15) is 9.18 Å². The van der Waals surface area contributed by atoms with E-state index in [4.69, 9.17) is 4.74 Å². The highest BCUT2D eigenvalue weighted by Gasteiger charge is 2.10. The van der Waals surface area contributed by atoms with E-state index in [0.717, 1.165) is 10.7 Å². The van der Waals surface area contributed by atoms with Gasteiger partial charge in [-0.2, -0.15) is 0 Å². The number of aromatic nitrogens is 2. The van der Waals surface area contributed by atoms with Crippen LogP contribution in [-0.4, -0.2) is 15.9 Å². The van der Waals surface area contributed by atoms with E-state index in [1.165, 1.54) is 29.7 Å². The number of benzene rings is 1. The Morgan fingerprint density at radius 2 is 2.24 bits per heavy atom. The first-order chi connectivity index (χ1) is 10.1. The summed E-state index contributed by atoms with van der Waals surface area (Å²) in [5, 5.41) is 3.19. The molecule has 1 aromatic carbocycles. The van der Waals surface area contributed by atoms with Crippen molar-refractivity contribution in [1.82, 2.24) is 9.97 Å². The van der Waals surface area contributed by atoms with E-state index in [-0.39, 0.29) is 12.4 Å². The smallest absolute Gasteiger partial charge is 0.340 e. The number of esters is 1. The van der Waals surface area contributed by atoms with Crippen molar-refractivity contribution in [3.63, 3.8) is 0 Å². The number of carbonyl (C=O) groups excluding carboxylic acids is 1. The van der Waals surface area contributed by atoms with E-state index in [1.54, 1.807) is 12.1 Å². The fraction of sp³-hybridized carbons (Fsp3) is 0.133. The first-order valence-electron chi connectivity index (χ1n) is 6.25. The van der Waals surface area contributed by atoms with Gasteiger partial charge in [0.05, 0.1) is 11.1 Å². The summed E-state index contributed by atoms with van der Waals surface area (Å²) in [5.74, 6) is -0.866. The van der Waals surface area contributed by atoms with Gasteiger partial charge in [-0.05, 0) is 31.2 Å². The molecule has 0 saturated heterocycles. The van der Waals surface area contributed by atoms with Crippen LogP contribution in [0.15, 0.2) is 35.8 Å². The summed E-state index contributed by atoms with van der Waals surface area (Å²) in [4.78, 5) is 20.3. The number of hydrogen-bond acceptors (Lipinski definition) is 5. The van der Waals surface area contributed by atoms with E-state index in [2.05, 4.69) is 9.97 Å². The molecule has 0 aliphatic heterocycles. The Hall–Kier alpha value is -2.34. The van der Waals surface area contributed by atoms with Crippen LogP contribution in [0.3, 0.4) is 0 Å². The average molecular weight is 302 g/mol. The predicted molar refractivity (Wildman–Crippen MR) is 77.7 cm³/mol. The lowest BCUT2D eigenvalue weighted by atomic mass is 10.1. The van der Waals surface area contributed by atoms with Gasteiger partial charge in [-0.3, -0.25) is 4.98 Å². The van der Waals surface area contributed by atoms with Crippen LogP contribution in [0.4, 0.5) is 4.39 Å². The molecular weight excluding hydrogens is 291 g/mol. The van der Waals surface area contributed by atoms with Crippen LogP contribution in [0.5, 0.6) is 0 Å². The third-order valence-electron chi connectivity index (χ3n) is 2.87. The van der Waals surface area contributed by atoms with Gasteiger partial charge in [-0.15, -0.1) is 11.3 Å². The maximum Gasteiger partial charge on any atom is 0.340 e. The lowest BCUT2D eigenvalue weighted by molar-refractivity contribution is 0.0472. The number of ether oxygens (including phenoxy) is 1. The Balaban J connectivity index is 1.77. The van der Waals surface area contributed by atoms with Crippen molar-refractivity contribution in [3.8, 4) is 0 Å². The minimum atomic E-state index is -0.499. The van der Waals surface area contributed by atoms with E-state index in [0.29, 0.717) is 16.5 Å². The van der Waals surface area contributed by atoms with Crippen molar-refractivity contribution < 1.29 is 13.9 Å². The number of nitrogens with zero attached hydrogens (tertiary/aromatic N) is 2. The van der Waals surface area contributed by atoms with Gasteiger partial charge in [-0.25, -0.2) is 14.2 Å². The minimum absolute atomic E-state index is 0.124. The van der Waals surface area contributed by atoms with Crippen LogP contribution >= 0.6 is 11.3 Å². The molecule has 2 aromatic heterocycles. The topological polar surface area (TPSA) is 52.1 Å². The van der Waals surface area contributed by atoms with Crippen LogP contribution in [0.2, 0.25) is 0 Å². The normalized spacial score (nSPS) is 10.8. The molecule has 0 bridgehead atoms. The fourth-order valence-electron chi connectivity index (χ4n) is 1.89. The van der Waals surface area contributed by atoms with Gasteiger partial charge in [-0.1, -0.05) is 0 Å². The Morgan fingerprint density at radius 1 is 1.38 bits per heavy atom. The summed E-state index contributed by atoms with van der Waals surface area (Å²) in [6.45, 7) is 2.00. The number of carbonyl (C=O) groups is 1. The third kappa shape index (κ3) is 3.05. The summed E-state index contributed by atoms with van der Waals surface area (Å²) < 4.78 is 18.4. The molecule has 0 spiro atoms. The predicted octanol–water partition coefficient (Wildman–Crippen LogP) is 3.50. The van der Waals surface area contributed by atoms with Gasteiger partial charge in [0.25, 0.3) is 0 Å². The molecule has 4 nitrogen and oxygen atoms in total. The number of fused-ring (bicyclic) bond motifs is 1. The molecule has 0 unspecified atom stereocenters. The number of hydrogen-bond donors (Lipinski definition) is 0. The summed E-state index contributed by atoms with van der Waals surface area (Å²) in [5.41, 5.74) is 1.82. The molecule has 0 aliphatic rings. The second-order valence-electron chi connectivity index (χ2n) is 4.52. The van der Waals surface area contributed by atoms with Gasteiger partial charge >= 0.3 is 5.97 Å². The van der Waals surface area contributed by atoms with Crippen LogP contribution in [0.25, 0.3) is 10.9 Å². The van der Waals surface area contributed by atoms with Crippen LogP contribution in [0.1, 0.15) is 21.1 Å². The molecule has 0 radical (unpaired) electrons. The summed E-state index contributed by atoms with van der Waals surface area (Å²) >= 11 is 1.44. The zero-order valence-electron chi connectivity index (χ0n) is 11.2. The molecule has 0 fully saturated rings. The highest BCUT2D eigenvalue weighted by Crippen LogP contribution is 2.16. The highest BCUT2D eigenvalue weighted by atomic mass is 32.1. The third-order valence-corrected chi connectivity index (χ3v) is 3.81. The number of halogens is 1. The van der Waals surface area contributed by atoms with E-state index in [1.807, 2.05) is 12.3 Å². The van der Waals surface area contributed by atoms with Crippen molar-refractivity contribution in [1.29, 1.82) is 0 Å². The molecule has 3 rings (SSSR count). The van der Waals surface area contributed by atoms with Crippen molar-refractivity contribution in [2.45, 2.75) is 13.5 Å². The Labute approximate surface area is 124 Å². The van der Waals surface area contributed by atoms with Crippen molar-refractivity contribution in [3.05, 3.63) is 57.9 Å². The SMILES string of the molecule is Cc1csc(COC(=O)c2cnc3ccc(F)cc3c2)n1. The maximum atomic E-state index is 13.2. The molecule has 0 aliphatic carbocycles. The van der Waals surface area contributed by atoms with Crippen molar-refractivity contribution >= 4 is 28.2 Å². The number of thiazole rings is 1. The Morgan fingerprint density at radius 3 is 3.00 bits per heavy atom. The first kappa shape index (κ1) is 13.6. The largest absolute Gasteiger partial charge is 0.455 e. The molecule has 21 heavy (non-hydrogen) atoms. The number of rotatable bonds is 3. The number of aryl methyl sites for hydroxylation is 1. The van der Waals surface area contributed by atoms with Crippen LogP contribution < -0.4 is 0 Å². The highest BCUT2D eigenvalue weighted by molar-refractivity contribution is 7.09. The van der Waals surface area contributed by atoms with Crippen molar-refractivity contribution in [2.75, 3.05) is 0 Å². The van der Waals surface area contributed by atoms with Gasteiger partial charge < -0.3 is 4.74 Å². The van der Waals surface area contributed by atoms with Crippen LogP contribution in [0, 0.1) is 12.7 Å². The zero-order valence-corrected chi connectivity index (χ0v) is 12.0. The first-order valence-corrected chi connectivity index (χ1v) is 7.13. The average Bonchev–Trinajstić information content (AvgIpc) is 2.89. The monoisotopic (exact) mass is 302 g/mol. The number of pyridine rings is 1. The maximum absolute atomic E-state index is 13.2. The zero-order chi connectivity index (χ0) is 14.8. The summed E-state index contributed by atoms with van der Waals surface area (Å²) in [6.07, 6.45) is 1.43. The molecule has 106 valence electrons. The van der Waals surface area contributed by atoms with Crippen LogP contribution in [-0.2, 0) is 11.3 Å². The van der Waals surface area contributed by atoms with Gasteiger partial charge in [0.15, 0.2) is 0 Å². The molecule has 3 aromatic rings. The Bertz CT molecular complexity index is 816. The van der Waals surface area contributed by atoms with Crippen molar-refractivity contribution in [2.24, 2.45) is 0 Å². The Kier molecular flexibility index (Phi) is 3.62. The van der Waals surface area contributed by atoms with Gasteiger partial charge in [0.1, 0.15) is 17.4 Å². The summed E-state index contributed by atoms with van der Waals surface area (Å²) in [7, 11) is 0. The standard InChI is InChI=1S/C15H11FN2O2S/c1-9-8-21-14(18-9)7-20-15(19)11-4-10-5-12(16)2-3-13(10)17-6-11/h2-6,8H,7H2,1H3. The molecule has 0 amide bonds.